The van der Waals surface area contributed by atoms with Gasteiger partial charge in [0, 0.05) is 125 Å². The van der Waals surface area contributed by atoms with Crippen LogP contribution in [0.3, 0.4) is 0 Å². The zero-order valence-corrected chi connectivity index (χ0v) is 64.1. The molecule has 3 aliphatic heterocycles. The van der Waals surface area contributed by atoms with Gasteiger partial charge in [-0.15, -0.1) is 22.7 Å². The number of aliphatic imine (C=N–C) groups is 2. The minimum Gasteiger partial charge on any atom is -0.451 e. The van der Waals surface area contributed by atoms with Gasteiger partial charge in [-0.1, -0.05) is 225 Å². The number of thiazole rings is 2. The lowest BCUT2D eigenvalue weighted by atomic mass is 9.89. The third-order valence-corrected chi connectivity index (χ3v) is 15.4. The average molecular weight is 1310 g/mol. The fourth-order valence-electron chi connectivity index (χ4n) is 6.60. The summed E-state index contributed by atoms with van der Waals surface area (Å²) in [5.74, 6) is 0.794. The Labute approximate surface area is 560 Å². The lowest BCUT2D eigenvalue weighted by Gasteiger charge is -2.17. The second-order valence-corrected chi connectivity index (χ2v) is 34.9. The maximum absolute atomic E-state index is 5.09. The van der Waals surface area contributed by atoms with Gasteiger partial charge in [0.1, 0.15) is 18.8 Å². The van der Waals surface area contributed by atoms with Crippen molar-refractivity contribution >= 4 is 57.7 Å². The third-order valence-electron chi connectivity index (χ3n) is 12.5. The molecule has 90 heavy (non-hydrogen) atoms. The molecule has 0 aromatic carbocycles. The molecule has 0 bridgehead atoms. The first kappa shape index (κ1) is 82.3. The molecule has 18 heteroatoms. The number of hydrogen-bond acceptors (Lipinski definition) is 18. The van der Waals surface area contributed by atoms with Crippen LogP contribution in [-0.4, -0.2) is 52.3 Å². The van der Waals surface area contributed by atoms with Crippen molar-refractivity contribution in [1.29, 1.82) is 0 Å². The number of azo groups is 1. The Morgan fingerprint density at radius 3 is 1.36 bits per heavy atom. The number of rotatable bonds is 0. The monoisotopic (exact) mass is 1310 g/mol. The highest BCUT2D eigenvalue weighted by atomic mass is 32.1. The lowest BCUT2D eigenvalue weighted by Crippen LogP contribution is -2.17. The summed E-state index contributed by atoms with van der Waals surface area (Å²) >= 11 is 6.41. The van der Waals surface area contributed by atoms with E-state index in [-0.39, 0.29) is 54.1 Å². The molecule has 3 aliphatic rings. The number of allylic oxidation sites excluding steroid dienone is 4. The van der Waals surface area contributed by atoms with Crippen molar-refractivity contribution in [2.24, 2.45) is 36.5 Å². The summed E-state index contributed by atoms with van der Waals surface area (Å²) in [6, 6.07) is 3.96. The molecule has 0 atom stereocenters. The maximum atomic E-state index is 5.09. The summed E-state index contributed by atoms with van der Waals surface area (Å²) in [4.78, 5) is 24.9. The summed E-state index contributed by atoms with van der Waals surface area (Å²) in [6.45, 7) is 65.2. The topological polar surface area (TPSA) is 179 Å². The number of nitrogens with zero attached hydrogens (tertiary/aromatic N) is 11. The molecule has 0 fully saturated rings. The predicted octanol–water partition coefficient (Wildman–Crippen LogP) is 22.8. The van der Waals surface area contributed by atoms with Crippen LogP contribution >= 0.6 is 45.7 Å². The molecule has 10 heterocycles. The highest BCUT2D eigenvalue weighted by Crippen LogP contribution is 2.30. The summed E-state index contributed by atoms with van der Waals surface area (Å²) in [7, 11) is 0. The smallest absolute Gasteiger partial charge is 0.199 e. The standard InChI is InChI=1S/2C8H13N.C7H12N2.3C7H11NO.4C7H11NS/c2*1-8(2,3)7-5-4-6-9-7;1-7(2,3)6-4-5-8-9-6;1-7(2,3)6-4-9-5-8-6;1-7(2,3)6-8-4-5-9-6;1-7(2,3)6-4-5-9-8-6;1-7(2,3)6-4-9-5-8-6;1-7(2,3)6-4-8-9-5-6;1-7(2,3)6-8-4-5-9-6;1-7(2,3)6-4-5-9-8-6/h5-6H,4H2,1-3H3;4,6H,5H2,1-3H3;4H,5H2,1-3H3;7*4-5H,1-3H3. The van der Waals surface area contributed by atoms with Gasteiger partial charge in [0.25, 0.3) is 0 Å². The van der Waals surface area contributed by atoms with E-state index in [4.69, 9.17) is 13.4 Å². The Kier molecular flexibility index (Phi) is 33.4. The van der Waals surface area contributed by atoms with Crippen molar-refractivity contribution in [2.75, 3.05) is 6.54 Å². The van der Waals surface area contributed by atoms with E-state index in [1.165, 1.54) is 62.8 Å². The Morgan fingerprint density at radius 2 is 1.13 bits per heavy atom. The fraction of sp³-hybridized carbons (Fsp3) is 0.597. The lowest BCUT2D eigenvalue weighted by molar-refractivity contribution is 0.392. The predicted molar refractivity (Wildman–Crippen MR) is 387 cm³/mol. The summed E-state index contributed by atoms with van der Waals surface area (Å²) in [6.07, 6.45) is 24.1. The Balaban J connectivity index is 0.000000500. The third kappa shape index (κ3) is 35.2. The Hall–Kier alpha value is -5.69. The minimum atomic E-state index is 0.0451. The molecule has 7 aromatic rings. The second kappa shape index (κ2) is 36.5. The van der Waals surface area contributed by atoms with E-state index in [2.05, 4.69) is 297 Å². The van der Waals surface area contributed by atoms with Crippen LogP contribution in [0.25, 0.3) is 0 Å². The minimum absolute atomic E-state index is 0.0451. The van der Waals surface area contributed by atoms with Crippen LogP contribution in [0.1, 0.15) is 260 Å². The van der Waals surface area contributed by atoms with Crippen LogP contribution in [0.5, 0.6) is 0 Å². The van der Waals surface area contributed by atoms with E-state index in [1.54, 1.807) is 47.7 Å². The van der Waals surface area contributed by atoms with Crippen molar-refractivity contribution < 1.29 is 13.4 Å². The zero-order valence-electron chi connectivity index (χ0n) is 60.9. The number of hydrogen-bond donors (Lipinski definition) is 0. The normalized spacial score (nSPS) is 13.8. The van der Waals surface area contributed by atoms with E-state index < -0.39 is 0 Å². The van der Waals surface area contributed by atoms with Gasteiger partial charge >= 0.3 is 0 Å². The van der Waals surface area contributed by atoms with E-state index in [0.29, 0.717) is 0 Å². The molecule has 0 aliphatic carbocycles. The van der Waals surface area contributed by atoms with Gasteiger partial charge in [-0.25, -0.2) is 24.3 Å². The first-order valence-corrected chi connectivity index (χ1v) is 34.4. The van der Waals surface area contributed by atoms with Gasteiger partial charge in [-0.05, 0) is 46.2 Å². The van der Waals surface area contributed by atoms with Crippen LogP contribution in [0.4, 0.5) is 0 Å². The van der Waals surface area contributed by atoms with E-state index in [0.717, 1.165) is 42.4 Å². The Bertz CT molecular complexity index is 2640. The van der Waals surface area contributed by atoms with E-state index in [1.807, 2.05) is 47.1 Å². The number of oxazole rings is 2. The SMILES string of the molecule is CC(C)(C)C1=CCC=N1.CC(C)(C)C1=CCN=N1.CC(C)(C)C1=NC=CC1.CC(C)(C)c1ccon1.CC(C)(C)c1ccsn1.CC(C)(C)c1cnsc1.CC(C)(C)c1cocn1.CC(C)(C)c1cscn1.CC(C)(C)c1ncco1.CC(C)(C)c1nccs1. The van der Waals surface area contributed by atoms with Gasteiger partial charge < -0.3 is 13.4 Å². The van der Waals surface area contributed by atoms with Gasteiger partial charge in [0.15, 0.2) is 12.3 Å². The van der Waals surface area contributed by atoms with Crippen molar-refractivity contribution in [1.82, 2.24) is 33.8 Å². The summed E-state index contributed by atoms with van der Waals surface area (Å²) in [5, 5.41) is 21.1. The van der Waals surface area contributed by atoms with Crippen LogP contribution in [0, 0.1) is 16.2 Å². The van der Waals surface area contributed by atoms with Gasteiger partial charge in [0.05, 0.1) is 51.7 Å². The molecule has 14 nitrogen and oxygen atoms in total. The fourth-order valence-corrected chi connectivity index (χ4v) is 9.56. The van der Waals surface area contributed by atoms with Crippen molar-refractivity contribution in [3.63, 3.8) is 0 Å². The first-order chi connectivity index (χ1) is 41.1. The Morgan fingerprint density at radius 1 is 0.511 bits per heavy atom. The molecule has 10 rings (SSSR count). The van der Waals surface area contributed by atoms with E-state index >= 15 is 0 Å². The quantitative estimate of drug-likeness (QED) is 0.142. The van der Waals surface area contributed by atoms with Crippen LogP contribution in [0.2, 0.25) is 0 Å². The molecule has 7 aromatic heterocycles. The van der Waals surface area contributed by atoms with Crippen LogP contribution in [-0.2, 0) is 37.9 Å². The average Bonchev–Trinajstić information content (AvgIpc) is 4.52. The van der Waals surface area contributed by atoms with Gasteiger partial charge in [-0.2, -0.15) is 14.6 Å². The molecule has 0 saturated carbocycles. The molecule has 0 radical (unpaired) electrons. The first-order valence-electron chi connectivity index (χ1n) is 30.9. The molecule has 0 N–H and O–H groups in total. The number of aromatic nitrogens is 7. The second-order valence-electron chi connectivity index (χ2n) is 31.9. The largest absolute Gasteiger partial charge is 0.451 e. The zero-order chi connectivity index (χ0) is 69.1. The highest BCUT2D eigenvalue weighted by molar-refractivity contribution is 7.09. The van der Waals surface area contributed by atoms with Crippen molar-refractivity contribution in [2.45, 2.75) is 258 Å². The summed E-state index contributed by atoms with van der Waals surface area (Å²) in [5.41, 5.74) is 13.1. The molecule has 0 unspecified atom stereocenters. The van der Waals surface area contributed by atoms with Crippen molar-refractivity contribution in [3.8, 4) is 0 Å². The maximum Gasteiger partial charge on any atom is 0.199 e. The van der Waals surface area contributed by atoms with Gasteiger partial charge in [0.2, 0.25) is 0 Å². The van der Waals surface area contributed by atoms with Crippen molar-refractivity contribution in [3.05, 3.63) is 158 Å². The molecule has 500 valence electrons. The van der Waals surface area contributed by atoms with E-state index in [9.17, 15) is 0 Å². The molecule has 0 spiro atoms. The molecule has 0 amide bonds. The van der Waals surface area contributed by atoms with Gasteiger partial charge in [-0.3, -0.25) is 9.98 Å². The molecular formula is C72H115N11O3S4. The van der Waals surface area contributed by atoms with Crippen LogP contribution < -0.4 is 0 Å². The summed E-state index contributed by atoms with van der Waals surface area (Å²) < 4.78 is 22.9. The van der Waals surface area contributed by atoms with Crippen LogP contribution in [0.15, 0.2) is 152 Å². The molecule has 0 saturated heterocycles. The highest BCUT2D eigenvalue weighted by Gasteiger charge is 2.22. The molecular weight excluding hydrogens is 1200 g/mol.